The van der Waals surface area contributed by atoms with Crippen LogP contribution in [-0.2, 0) is 24.2 Å². The van der Waals surface area contributed by atoms with Crippen LogP contribution in [0.2, 0.25) is 0 Å². The van der Waals surface area contributed by atoms with Crippen molar-refractivity contribution in [3.8, 4) is 0 Å². The second-order valence-corrected chi connectivity index (χ2v) is 7.97. The molecule has 1 aliphatic carbocycles. The van der Waals surface area contributed by atoms with Gasteiger partial charge in [0.25, 0.3) is 5.91 Å². The molecule has 0 saturated carbocycles. The molecule has 146 valence electrons. The van der Waals surface area contributed by atoms with Crippen molar-refractivity contribution in [1.29, 1.82) is 0 Å². The maximum atomic E-state index is 13.3. The van der Waals surface area contributed by atoms with E-state index >= 15 is 0 Å². The van der Waals surface area contributed by atoms with E-state index in [1.54, 1.807) is 0 Å². The fourth-order valence-electron chi connectivity index (χ4n) is 4.36. The smallest absolute Gasteiger partial charge is 0.323 e. The van der Waals surface area contributed by atoms with Crippen LogP contribution in [0.3, 0.4) is 0 Å². The average Bonchev–Trinajstić information content (AvgIpc) is 2.91. The van der Waals surface area contributed by atoms with Crippen molar-refractivity contribution in [2.45, 2.75) is 45.2 Å². The molecular formula is C23H27N3O2. The molecule has 1 atom stereocenters. The van der Waals surface area contributed by atoms with Crippen LogP contribution in [0.5, 0.6) is 0 Å². The van der Waals surface area contributed by atoms with Gasteiger partial charge in [0.05, 0.1) is 6.67 Å². The van der Waals surface area contributed by atoms with E-state index in [0.29, 0.717) is 26.1 Å². The van der Waals surface area contributed by atoms with E-state index in [9.17, 15) is 9.59 Å². The van der Waals surface area contributed by atoms with Crippen LogP contribution in [-0.4, -0.2) is 40.5 Å². The average molecular weight is 377 g/mol. The highest BCUT2D eigenvalue weighted by Gasteiger charge is 2.52. The molecule has 4 rings (SSSR count). The van der Waals surface area contributed by atoms with Crippen LogP contribution in [0.1, 0.15) is 35.6 Å². The van der Waals surface area contributed by atoms with Gasteiger partial charge in [-0.05, 0) is 43.0 Å². The number of carbonyl (C=O) groups is 2. The highest BCUT2D eigenvalue weighted by Crippen LogP contribution is 2.33. The number of hydrogen-bond donors (Lipinski definition) is 1. The predicted octanol–water partition coefficient (Wildman–Crippen LogP) is 3.25. The van der Waals surface area contributed by atoms with Crippen LogP contribution in [0.15, 0.2) is 48.5 Å². The molecule has 28 heavy (non-hydrogen) atoms. The quantitative estimate of drug-likeness (QED) is 0.814. The summed E-state index contributed by atoms with van der Waals surface area (Å²) in [5, 5.41) is 3.02. The number of benzene rings is 2. The van der Waals surface area contributed by atoms with E-state index in [-0.39, 0.29) is 11.9 Å². The number of imide groups is 1. The molecule has 5 heteroatoms. The summed E-state index contributed by atoms with van der Waals surface area (Å²) in [5.74, 6) is -0.0882. The summed E-state index contributed by atoms with van der Waals surface area (Å²) in [7, 11) is 0. The monoisotopic (exact) mass is 377 g/mol. The summed E-state index contributed by atoms with van der Waals surface area (Å²) in [5.41, 5.74) is 4.06. The lowest BCUT2D eigenvalue weighted by molar-refractivity contribution is -0.133. The standard InChI is InChI=1S/C23H27N3O2/c1-3-25(15-18-8-6-7-17(2)13-18)16-26-21(27)23(24-22(26)28)12-11-19-9-4-5-10-20(19)14-23/h4-10,13H,3,11-12,14-16H2,1-2H3,(H,24,28). The second-order valence-electron chi connectivity index (χ2n) is 7.97. The first-order chi connectivity index (χ1) is 13.5. The molecule has 2 aromatic rings. The van der Waals surface area contributed by atoms with E-state index in [0.717, 1.165) is 18.5 Å². The van der Waals surface area contributed by atoms with Crippen LogP contribution in [0.4, 0.5) is 4.79 Å². The maximum absolute atomic E-state index is 13.3. The van der Waals surface area contributed by atoms with E-state index < -0.39 is 5.54 Å². The highest BCUT2D eigenvalue weighted by atomic mass is 16.2. The fraction of sp³-hybridized carbons (Fsp3) is 0.391. The third-order valence-corrected chi connectivity index (χ3v) is 5.95. The lowest BCUT2D eigenvalue weighted by Gasteiger charge is -2.32. The van der Waals surface area contributed by atoms with Crippen molar-refractivity contribution in [3.63, 3.8) is 0 Å². The Kier molecular flexibility index (Phi) is 4.94. The van der Waals surface area contributed by atoms with Gasteiger partial charge in [0.1, 0.15) is 5.54 Å². The zero-order chi connectivity index (χ0) is 19.7. The molecule has 1 aliphatic heterocycles. The normalized spacial score (nSPS) is 21.3. The van der Waals surface area contributed by atoms with Crippen LogP contribution in [0.25, 0.3) is 0 Å². The third-order valence-electron chi connectivity index (χ3n) is 5.95. The van der Waals surface area contributed by atoms with Gasteiger partial charge >= 0.3 is 6.03 Å². The SMILES string of the molecule is CCN(Cc1cccc(C)c1)CN1C(=O)NC2(CCc3ccccc3C2)C1=O. The Balaban J connectivity index is 1.49. The number of rotatable bonds is 5. The second kappa shape index (κ2) is 7.40. The largest absolute Gasteiger partial charge is 0.326 e. The van der Waals surface area contributed by atoms with Crippen molar-refractivity contribution in [3.05, 3.63) is 70.8 Å². The number of amides is 3. The van der Waals surface area contributed by atoms with Gasteiger partial charge in [-0.25, -0.2) is 9.69 Å². The zero-order valence-electron chi connectivity index (χ0n) is 16.6. The molecule has 1 N–H and O–H groups in total. The van der Waals surface area contributed by atoms with Crippen molar-refractivity contribution in [2.75, 3.05) is 13.2 Å². The lowest BCUT2D eigenvalue weighted by atomic mass is 9.78. The van der Waals surface area contributed by atoms with Gasteiger partial charge in [-0.1, -0.05) is 61.0 Å². The Labute approximate surface area is 166 Å². The summed E-state index contributed by atoms with van der Waals surface area (Å²) in [4.78, 5) is 29.5. The van der Waals surface area contributed by atoms with E-state index in [1.165, 1.54) is 21.6 Å². The molecule has 2 aliphatic rings. The van der Waals surface area contributed by atoms with Crippen molar-refractivity contribution in [1.82, 2.24) is 15.1 Å². The topological polar surface area (TPSA) is 52.6 Å². The first-order valence-corrected chi connectivity index (χ1v) is 9.99. The van der Waals surface area contributed by atoms with Gasteiger partial charge in [-0.15, -0.1) is 0 Å². The molecular weight excluding hydrogens is 350 g/mol. The molecule has 1 fully saturated rings. The van der Waals surface area contributed by atoms with Gasteiger partial charge in [0, 0.05) is 13.0 Å². The van der Waals surface area contributed by atoms with Gasteiger partial charge in [-0.2, -0.15) is 0 Å². The van der Waals surface area contributed by atoms with Crippen molar-refractivity contribution in [2.24, 2.45) is 0 Å². The van der Waals surface area contributed by atoms with Crippen molar-refractivity contribution >= 4 is 11.9 Å². The Bertz CT molecular complexity index is 910. The Morgan fingerprint density at radius 1 is 1.11 bits per heavy atom. The van der Waals surface area contributed by atoms with Gasteiger partial charge in [0.2, 0.25) is 0 Å². The summed E-state index contributed by atoms with van der Waals surface area (Å²) in [6.07, 6.45) is 2.06. The molecule has 0 radical (unpaired) electrons. The number of urea groups is 1. The first-order valence-electron chi connectivity index (χ1n) is 9.99. The molecule has 3 amide bonds. The summed E-state index contributed by atoms with van der Waals surface area (Å²) in [6, 6.07) is 16.3. The number of nitrogens with one attached hydrogen (secondary N) is 1. The van der Waals surface area contributed by atoms with E-state index in [1.807, 2.05) is 18.2 Å². The summed E-state index contributed by atoms with van der Waals surface area (Å²) in [6.45, 7) is 5.92. The number of nitrogens with zero attached hydrogens (tertiary/aromatic N) is 2. The Hall–Kier alpha value is -2.66. The molecule has 2 aromatic carbocycles. The number of hydrogen-bond acceptors (Lipinski definition) is 3. The molecule has 1 saturated heterocycles. The van der Waals surface area contributed by atoms with Crippen LogP contribution in [0, 0.1) is 6.92 Å². The zero-order valence-corrected chi connectivity index (χ0v) is 16.6. The van der Waals surface area contributed by atoms with Crippen molar-refractivity contribution < 1.29 is 9.59 Å². The molecule has 0 aromatic heterocycles. The Morgan fingerprint density at radius 3 is 2.64 bits per heavy atom. The van der Waals surface area contributed by atoms with Gasteiger partial charge in [-0.3, -0.25) is 9.69 Å². The maximum Gasteiger partial charge on any atom is 0.326 e. The van der Waals surface area contributed by atoms with Gasteiger partial charge in [0.15, 0.2) is 0 Å². The predicted molar refractivity (Wildman–Crippen MR) is 109 cm³/mol. The molecule has 1 spiro atoms. The Morgan fingerprint density at radius 2 is 1.89 bits per heavy atom. The van der Waals surface area contributed by atoms with Crippen LogP contribution < -0.4 is 5.32 Å². The minimum absolute atomic E-state index is 0.0882. The lowest BCUT2D eigenvalue weighted by Crippen LogP contribution is -2.51. The van der Waals surface area contributed by atoms with Gasteiger partial charge < -0.3 is 5.32 Å². The minimum Gasteiger partial charge on any atom is -0.323 e. The number of fused-ring (bicyclic) bond motifs is 1. The van der Waals surface area contributed by atoms with E-state index in [4.69, 9.17) is 0 Å². The molecule has 1 unspecified atom stereocenters. The first kappa shape index (κ1) is 18.7. The molecule has 0 bridgehead atoms. The fourth-order valence-corrected chi connectivity index (χ4v) is 4.36. The summed E-state index contributed by atoms with van der Waals surface area (Å²) >= 11 is 0. The minimum atomic E-state index is -0.784. The number of aryl methyl sites for hydroxylation is 2. The highest BCUT2D eigenvalue weighted by molar-refractivity contribution is 6.07. The summed E-state index contributed by atoms with van der Waals surface area (Å²) < 4.78 is 0. The van der Waals surface area contributed by atoms with E-state index in [2.05, 4.69) is 54.4 Å². The number of carbonyl (C=O) groups excluding carboxylic acids is 2. The molecule has 5 nitrogen and oxygen atoms in total. The third kappa shape index (κ3) is 3.42. The van der Waals surface area contributed by atoms with Crippen LogP contribution >= 0.6 is 0 Å². The molecule has 1 heterocycles.